The molecule has 0 aliphatic carbocycles. The van der Waals surface area contributed by atoms with Crippen LogP contribution in [0.25, 0.3) is 11.1 Å². The summed E-state index contributed by atoms with van der Waals surface area (Å²) in [5.41, 5.74) is 5.60. The smallest absolute Gasteiger partial charge is 0.343 e. The van der Waals surface area contributed by atoms with Gasteiger partial charge in [0.15, 0.2) is 17.6 Å². The minimum Gasteiger partial charge on any atom is -0.493 e. The first-order valence-corrected chi connectivity index (χ1v) is 12.1. The second kappa shape index (κ2) is 12.6. The third-order valence-electron chi connectivity index (χ3n) is 5.50. The summed E-state index contributed by atoms with van der Waals surface area (Å²) < 4.78 is 16.5. The quantitative estimate of drug-likeness (QED) is 0.122. The van der Waals surface area contributed by atoms with Crippen LogP contribution in [-0.4, -0.2) is 31.3 Å². The molecule has 0 radical (unpaired) electrons. The Labute approximate surface area is 225 Å². The summed E-state index contributed by atoms with van der Waals surface area (Å²) in [7, 11) is 1.46. The number of hydrogen-bond donors (Lipinski definition) is 1. The number of esters is 1. The summed E-state index contributed by atoms with van der Waals surface area (Å²) in [5, 5.41) is 4.52. The zero-order valence-electron chi connectivity index (χ0n) is 20.8. The molecule has 192 valence electrons. The number of benzene rings is 4. The van der Waals surface area contributed by atoms with Gasteiger partial charge in [0.05, 0.1) is 18.9 Å². The van der Waals surface area contributed by atoms with E-state index in [0.29, 0.717) is 27.6 Å². The number of carbonyl (C=O) groups is 2. The molecular formula is C30H25ClN2O5. The molecule has 0 bridgehead atoms. The molecule has 0 saturated carbocycles. The summed E-state index contributed by atoms with van der Waals surface area (Å²) >= 11 is 5.86. The van der Waals surface area contributed by atoms with Gasteiger partial charge in [0.2, 0.25) is 0 Å². The maximum absolute atomic E-state index is 12.4. The molecule has 7 nitrogen and oxygen atoms in total. The lowest BCUT2D eigenvalue weighted by molar-refractivity contribution is -0.127. The molecule has 1 amide bonds. The van der Waals surface area contributed by atoms with Gasteiger partial charge in [-0.05, 0) is 78.2 Å². The number of methoxy groups -OCH3 is 1. The van der Waals surface area contributed by atoms with Gasteiger partial charge in [-0.25, -0.2) is 10.2 Å². The van der Waals surface area contributed by atoms with Gasteiger partial charge in [-0.2, -0.15) is 5.10 Å². The number of hydrazone groups is 1. The zero-order chi connectivity index (χ0) is 26.9. The molecular weight excluding hydrogens is 504 g/mol. The van der Waals surface area contributed by atoms with Gasteiger partial charge in [-0.1, -0.05) is 54.1 Å². The lowest BCUT2D eigenvalue weighted by Crippen LogP contribution is -2.33. The predicted octanol–water partition coefficient (Wildman–Crippen LogP) is 6.15. The largest absolute Gasteiger partial charge is 0.493 e. The standard InChI is InChI=1S/C30H25ClN2O5/c1-20(37-26-15-11-23(12-16-26)22-6-4-3-5-7-22)29(34)33-32-19-21-8-17-27(28(18-21)36-2)38-30(35)24-9-13-25(31)14-10-24/h3-20H,1-2H3,(H,33,34). The van der Waals surface area contributed by atoms with E-state index in [1.807, 2.05) is 54.6 Å². The molecule has 1 unspecified atom stereocenters. The first-order valence-electron chi connectivity index (χ1n) is 11.7. The number of halogens is 1. The van der Waals surface area contributed by atoms with Crippen molar-refractivity contribution in [1.29, 1.82) is 0 Å². The molecule has 1 atom stereocenters. The van der Waals surface area contributed by atoms with Crippen LogP contribution in [0.3, 0.4) is 0 Å². The van der Waals surface area contributed by atoms with Crippen LogP contribution in [0, 0.1) is 0 Å². The zero-order valence-corrected chi connectivity index (χ0v) is 21.5. The highest BCUT2D eigenvalue weighted by atomic mass is 35.5. The Bertz CT molecular complexity index is 1420. The van der Waals surface area contributed by atoms with Crippen LogP contribution in [0.2, 0.25) is 5.02 Å². The third kappa shape index (κ3) is 6.99. The Morgan fingerprint density at radius 2 is 1.55 bits per heavy atom. The summed E-state index contributed by atoms with van der Waals surface area (Å²) in [6, 6.07) is 28.8. The van der Waals surface area contributed by atoms with Crippen molar-refractivity contribution in [3.63, 3.8) is 0 Å². The number of nitrogens with zero attached hydrogens (tertiary/aromatic N) is 1. The van der Waals surface area contributed by atoms with Crippen LogP contribution in [0.5, 0.6) is 17.2 Å². The Morgan fingerprint density at radius 1 is 0.868 bits per heavy atom. The topological polar surface area (TPSA) is 86.2 Å². The normalized spacial score (nSPS) is 11.6. The number of carbonyl (C=O) groups excluding carboxylic acids is 2. The number of rotatable bonds is 9. The Balaban J connectivity index is 1.32. The fourth-order valence-electron chi connectivity index (χ4n) is 3.47. The number of hydrogen-bond acceptors (Lipinski definition) is 6. The van der Waals surface area contributed by atoms with Gasteiger partial charge < -0.3 is 14.2 Å². The van der Waals surface area contributed by atoms with Crippen LogP contribution in [0.1, 0.15) is 22.8 Å². The van der Waals surface area contributed by atoms with Gasteiger partial charge in [-0.15, -0.1) is 0 Å². The van der Waals surface area contributed by atoms with Crippen LogP contribution in [0.4, 0.5) is 0 Å². The van der Waals surface area contributed by atoms with Crippen LogP contribution < -0.4 is 19.6 Å². The minimum absolute atomic E-state index is 0.244. The molecule has 4 aromatic carbocycles. The van der Waals surface area contributed by atoms with Crippen molar-refractivity contribution in [2.75, 3.05) is 7.11 Å². The fourth-order valence-corrected chi connectivity index (χ4v) is 3.60. The van der Waals surface area contributed by atoms with E-state index in [1.54, 1.807) is 49.4 Å². The molecule has 4 aromatic rings. The van der Waals surface area contributed by atoms with Gasteiger partial charge >= 0.3 is 5.97 Å². The maximum Gasteiger partial charge on any atom is 0.343 e. The minimum atomic E-state index is -0.765. The number of nitrogens with one attached hydrogen (secondary N) is 1. The van der Waals surface area contributed by atoms with E-state index >= 15 is 0 Å². The first-order chi connectivity index (χ1) is 18.4. The van der Waals surface area contributed by atoms with E-state index in [0.717, 1.165) is 11.1 Å². The lowest BCUT2D eigenvalue weighted by Gasteiger charge is -2.13. The highest BCUT2D eigenvalue weighted by Crippen LogP contribution is 2.28. The summed E-state index contributed by atoms with van der Waals surface area (Å²) in [6.07, 6.45) is 0.686. The second-order valence-electron chi connectivity index (χ2n) is 8.19. The van der Waals surface area contributed by atoms with Crippen molar-refractivity contribution in [1.82, 2.24) is 5.43 Å². The highest BCUT2D eigenvalue weighted by Gasteiger charge is 2.15. The van der Waals surface area contributed by atoms with Crippen LogP contribution in [-0.2, 0) is 4.79 Å². The van der Waals surface area contributed by atoms with E-state index in [2.05, 4.69) is 10.5 Å². The molecule has 0 aliphatic rings. The molecule has 0 spiro atoms. The van der Waals surface area contributed by atoms with Crippen LogP contribution >= 0.6 is 11.6 Å². The molecule has 38 heavy (non-hydrogen) atoms. The van der Waals surface area contributed by atoms with Crippen molar-refractivity contribution in [3.8, 4) is 28.4 Å². The van der Waals surface area contributed by atoms with Crippen molar-refractivity contribution in [2.45, 2.75) is 13.0 Å². The van der Waals surface area contributed by atoms with Gasteiger partial charge in [-0.3, -0.25) is 4.79 Å². The van der Waals surface area contributed by atoms with Crippen molar-refractivity contribution >= 4 is 29.7 Å². The Morgan fingerprint density at radius 3 is 2.24 bits per heavy atom. The molecule has 0 saturated heterocycles. The summed E-state index contributed by atoms with van der Waals surface area (Å²) in [5.74, 6) is 0.197. The van der Waals surface area contributed by atoms with Crippen molar-refractivity contribution in [3.05, 3.63) is 113 Å². The van der Waals surface area contributed by atoms with Crippen molar-refractivity contribution in [2.24, 2.45) is 5.10 Å². The van der Waals surface area contributed by atoms with E-state index in [-0.39, 0.29) is 5.75 Å². The average Bonchev–Trinajstić information content (AvgIpc) is 2.94. The molecule has 0 aromatic heterocycles. The average molecular weight is 529 g/mol. The molecule has 0 aliphatic heterocycles. The summed E-state index contributed by atoms with van der Waals surface area (Å²) in [6.45, 7) is 1.64. The van der Waals surface area contributed by atoms with Crippen LogP contribution in [0.15, 0.2) is 102 Å². The van der Waals surface area contributed by atoms with Crippen molar-refractivity contribution < 1.29 is 23.8 Å². The van der Waals surface area contributed by atoms with E-state index in [9.17, 15) is 9.59 Å². The molecule has 4 rings (SSSR count). The molecule has 1 N–H and O–H groups in total. The fraction of sp³-hybridized carbons (Fsp3) is 0.100. The predicted molar refractivity (Wildman–Crippen MR) is 147 cm³/mol. The first kappa shape index (κ1) is 26.4. The molecule has 0 fully saturated rings. The van der Waals surface area contributed by atoms with Gasteiger partial charge in [0, 0.05) is 5.02 Å². The summed E-state index contributed by atoms with van der Waals surface area (Å²) in [4.78, 5) is 24.8. The lowest BCUT2D eigenvalue weighted by atomic mass is 10.1. The highest BCUT2D eigenvalue weighted by molar-refractivity contribution is 6.30. The number of amides is 1. The molecule has 8 heteroatoms. The Kier molecular flexibility index (Phi) is 8.74. The van der Waals surface area contributed by atoms with Gasteiger partial charge in [0.25, 0.3) is 5.91 Å². The van der Waals surface area contributed by atoms with Gasteiger partial charge in [0.1, 0.15) is 5.75 Å². The number of ether oxygens (including phenoxy) is 3. The molecule has 0 heterocycles. The maximum atomic E-state index is 12.4. The SMILES string of the molecule is COc1cc(C=NNC(=O)C(C)Oc2ccc(-c3ccccc3)cc2)ccc1OC(=O)c1ccc(Cl)cc1. The monoisotopic (exact) mass is 528 g/mol. The second-order valence-corrected chi connectivity index (χ2v) is 8.63. The van der Waals surface area contributed by atoms with E-state index in [4.69, 9.17) is 25.8 Å². The Hall–Kier alpha value is -4.62. The van der Waals surface area contributed by atoms with E-state index < -0.39 is 18.0 Å². The third-order valence-corrected chi connectivity index (χ3v) is 5.75. The van der Waals surface area contributed by atoms with E-state index in [1.165, 1.54) is 13.3 Å².